The molecule has 0 bridgehead atoms. The highest BCUT2D eigenvalue weighted by molar-refractivity contribution is 7.89. The average Bonchev–Trinajstić information content (AvgIpc) is 3.86. The normalized spacial score (nSPS) is 19.2. The molecule has 0 aromatic heterocycles. The van der Waals surface area contributed by atoms with Gasteiger partial charge in [-0.3, -0.25) is 14.3 Å². The van der Waals surface area contributed by atoms with Gasteiger partial charge in [0, 0.05) is 31.8 Å². The van der Waals surface area contributed by atoms with Crippen LogP contribution in [0.2, 0.25) is 0 Å². The molecule has 15 nitrogen and oxygen atoms in total. The molecular weight excluding hydrogens is 695 g/mol. The Balaban J connectivity index is 1.50. The van der Waals surface area contributed by atoms with Crippen LogP contribution in [0.3, 0.4) is 0 Å². The largest absolute Gasteiger partial charge is 0.497 e. The minimum Gasteiger partial charge on any atom is -0.497 e. The van der Waals surface area contributed by atoms with E-state index in [4.69, 9.17) is 23.7 Å². The molecule has 0 radical (unpaired) electrons. The van der Waals surface area contributed by atoms with Crippen molar-refractivity contribution in [1.82, 2.24) is 4.31 Å². The van der Waals surface area contributed by atoms with E-state index in [0.717, 1.165) is 13.2 Å². The van der Waals surface area contributed by atoms with Crippen molar-refractivity contribution in [3.8, 4) is 17.2 Å². The summed E-state index contributed by atoms with van der Waals surface area (Å²) in [6.07, 6.45) is 0.132. The van der Waals surface area contributed by atoms with Gasteiger partial charge in [0.1, 0.15) is 11.5 Å². The zero-order valence-electron chi connectivity index (χ0n) is 28.0. The summed E-state index contributed by atoms with van der Waals surface area (Å²) in [5, 5.41) is 15.5. The molecule has 1 saturated heterocycles. The van der Waals surface area contributed by atoms with Gasteiger partial charge in [-0.15, -0.1) is 0 Å². The van der Waals surface area contributed by atoms with Crippen molar-refractivity contribution < 1.29 is 49.6 Å². The second-order valence-corrected chi connectivity index (χ2v) is 15.7. The second-order valence-electron chi connectivity index (χ2n) is 11.9. The van der Waals surface area contributed by atoms with Crippen LogP contribution in [0.25, 0.3) is 0 Å². The Bertz CT molecular complexity index is 1780. The van der Waals surface area contributed by atoms with Crippen LogP contribution in [0.1, 0.15) is 17.5 Å². The summed E-state index contributed by atoms with van der Waals surface area (Å²) in [6, 6.07) is 16.1. The van der Waals surface area contributed by atoms with Crippen molar-refractivity contribution >= 4 is 31.5 Å². The zero-order chi connectivity index (χ0) is 35.9. The maximum Gasteiger partial charge on any atom is 0.297 e. The van der Waals surface area contributed by atoms with Crippen molar-refractivity contribution in [3.05, 3.63) is 81.9 Å². The average molecular weight is 736 g/mol. The summed E-state index contributed by atoms with van der Waals surface area (Å²) in [6.45, 7) is 1.08. The summed E-state index contributed by atoms with van der Waals surface area (Å²) in [5.41, 5.74) is 0.780. The van der Waals surface area contributed by atoms with Crippen molar-refractivity contribution in [2.75, 3.05) is 65.4 Å². The highest BCUT2D eigenvalue weighted by Gasteiger charge is 2.41. The minimum atomic E-state index is -4.40. The number of anilines is 1. The molecule has 272 valence electrons. The Morgan fingerprint density at radius 2 is 1.52 bits per heavy atom. The van der Waals surface area contributed by atoms with E-state index in [0.29, 0.717) is 42.3 Å². The van der Waals surface area contributed by atoms with Crippen LogP contribution in [-0.4, -0.2) is 92.2 Å². The molecule has 5 rings (SSSR count). The van der Waals surface area contributed by atoms with Crippen LogP contribution in [0.15, 0.2) is 65.6 Å². The molecule has 3 atom stereocenters. The fraction of sp³-hybridized carbons (Fsp3) is 0.455. The lowest BCUT2D eigenvalue weighted by molar-refractivity contribution is -0.384. The first-order valence-corrected chi connectivity index (χ1v) is 18.9. The molecule has 2 aliphatic rings. The molecule has 0 amide bonds. The van der Waals surface area contributed by atoms with Gasteiger partial charge >= 0.3 is 0 Å². The Hall–Kier alpha value is -4.00. The van der Waals surface area contributed by atoms with Crippen LogP contribution in [-0.2, 0) is 46.9 Å². The summed E-state index contributed by atoms with van der Waals surface area (Å²) < 4.78 is 86.4. The van der Waals surface area contributed by atoms with Crippen molar-refractivity contribution in [2.45, 2.75) is 30.5 Å². The molecule has 0 unspecified atom stereocenters. The molecule has 50 heavy (non-hydrogen) atoms. The van der Waals surface area contributed by atoms with Gasteiger partial charge < -0.3 is 29.0 Å². The maximum atomic E-state index is 14.5. The molecule has 1 aliphatic carbocycles. The van der Waals surface area contributed by atoms with Gasteiger partial charge in [-0.1, -0.05) is 24.3 Å². The maximum absolute atomic E-state index is 14.5. The molecule has 3 aromatic rings. The first-order chi connectivity index (χ1) is 23.9. The van der Waals surface area contributed by atoms with E-state index in [2.05, 4.69) is 9.50 Å². The number of hydrogen-bond donors (Lipinski definition) is 1. The predicted molar refractivity (Wildman–Crippen MR) is 182 cm³/mol. The standard InChI is InChI=1S/C33H41N3O12S2/c1-43-27-8-4-23(5-9-27)18-35(19-24-6-10-28(44-2)11-7-24)50(41,42)30-15-31(36(37)38)33(34-17-29-21-46-12-13-47-29)32(16-30)48-20-25-14-26(25)22-49(39,40)45-3/h4-11,15-16,25-26,29,34H,12-14,17-22H2,1-3H3/t25-,26-,29-/m0/s1. The smallest absolute Gasteiger partial charge is 0.297 e. The Morgan fingerprint density at radius 3 is 2.04 bits per heavy atom. The van der Waals surface area contributed by atoms with Gasteiger partial charge in [0.2, 0.25) is 10.0 Å². The molecule has 1 aliphatic heterocycles. The van der Waals surface area contributed by atoms with Crippen LogP contribution < -0.4 is 19.5 Å². The lowest BCUT2D eigenvalue weighted by Gasteiger charge is -2.25. The van der Waals surface area contributed by atoms with E-state index >= 15 is 0 Å². The number of methoxy groups -OCH3 is 2. The number of nitro groups is 1. The Labute approximate surface area is 291 Å². The topological polar surface area (TPSA) is 182 Å². The molecule has 17 heteroatoms. The number of nitrogens with one attached hydrogen (secondary N) is 1. The van der Waals surface area contributed by atoms with E-state index in [-0.39, 0.29) is 66.8 Å². The van der Waals surface area contributed by atoms with Gasteiger partial charge in [0.25, 0.3) is 15.8 Å². The molecule has 1 N–H and O–H groups in total. The van der Waals surface area contributed by atoms with E-state index in [1.807, 2.05) is 0 Å². The summed E-state index contributed by atoms with van der Waals surface area (Å²) in [5.74, 6) is 0.536. The molecular formula is C33H41N3O12S2. The first kappa shape index (κ1) is 37.3. The zero-order valence-corrected chi connectivity index (χ0v) is 29.6. The highest BCUT2D eigenvalue weighted by Crippen LogP contribution is 2.43. The van der Waals surface area contributed by atoms with Gasteiger partial charge in [0.05, 0.1) is 69.4 Å². The number of nitro benzene ring substituents is 1. The number of nitrogens with zero attached hydrogens (tertiary/aromatic N) is 2. The summed E-state index contributed by atoms with van der Waals surface area (Å²) >= 11 is 0. The van der Waals surface area contributed by atoms with Crippen LogP contribution in [0, 0.1) is 22.0 Å². The van der Waals surface area contributed by atoms with Gasteiger partial charge in [-0.05, 0) is 53.6 Å². The van der Waals surface area contributed by atoms with Crippen LogP contribution in [0.5, 0.6) is 17.2 Å². The summed E-state index contributed by atoms with van der Waals surface area (Å²) in [7, 11) is -3.94. The molecule has 0 spiro atoms. The number of benzene rings is 3. The van der Waals surface area contributed by atoms with Gasteiger partial charge in [-0.25, -0.2) is 8.42 Å². The summed E-state index contributed by atoms with van der Waals surface area (Å²) in [4.78, 5) is 11.5. The lowest BCUT2D eigenvalue weighted by Crippen LogP contribution is -2.34. The lowest BCUT2D eigenvalue weighted by atomic mass is 10.2. The monoisotopic (exact) mass is 735 g/mol. The first-order valence-electron chi connectivity index (χ1n) is 15.8. The van der Waals surface area contributed by atoms with E-state index in [1.165, 1.54) is 24.6 Å². The predicted octanol–water partition coefficient (Wildman–Crippen LogP) is 3.82. The Morgan fingerprint density at radius 1 is 0.900 bits per heavy atom. The number of rotatable bonds is 18. The highest BCUT2D eigenvalue weighted by atomic mass is 32.2. The molecule has 1 saturated carbocycles. The van der Waals surface area contributed by atoms with Crippen molar-refractivity contribution in [2.24, 2.45) is 11.8 Å². The number of sulfonamides is 1. The molecule has 1 heterocycles. The third-order valence-electron chi connectivity index (χ3n) is 8.51. The van der Waals surface area contributed by atoms with Crippen molar-refractivity contribution in [1.29, 1.82) is 0 Å². The van der Waals surface area contributed by atoms with E-state index < -0.39 is 36.9 Å². The quantitative estimate of drug-likeness (QED) is 0.113. The van der Waals surface area contributed by atoms with Crippen LogP contribution in [0.4, 0.5) is 11.4 Å². The fourth-order valence-corrected chi connectivity index (χ4v) is 8.04. The second kappa shape index (κ2) is 16.3. The van der Waals surface area contributed by atoms with Crippen molar-refractivity contribution in [3.63, 3.8) is 0 Å². The minimum absolute atomic E-state index is 0.00366. The molecule has 2 fully saturated rings. The van der Waals surface area contributed by atoms with E-state index in [9.17, 15) is 26.9 Å². The fourth-order valence-electron chi connectivity index (χ4n) is 5.52. The third kappa shape index (κ3) is 9.61. The molecule has 3 aromatic carbocycles. The third-order valence-corrected chi connectivity index (χ3v) is 11.6. The SMILES string of the molecule is COc1ccc(CN(Cc2ccc(OC)cc2)S(=O)(=O)c2cc(OC[C@@H]3C[C@H]3CS(=O)(=O)OC)c(NC[C@H]3COCCO3)c([N+](=O)[O-])c2)cc1. The van der Waals surface area contributed by atoms with Gasteiger partial charge in [0.15, 0.2) is 11.4 Å². The van der Waals surface area contributed by atoms with E-state index in [1.54, 1.807) is 48.5 Å². The van der Waals surface area contributed by atoms with Gasteiger partial charge in [-0.2, -0.15) is 12.7 Å². The number of hydrogen-bond acceptors (Lipinski definition) is 13. The Kier molecular flexibility index (Phi) is 12.2. The van der Waals surface area contributed by atoms with Crippen LogP contribution >= 0.6 is 0 Å². The number of ether oxygens (including phenoxy) is 5.